The fourth-order valence-electron chi connectivity index (χ4n) is 2.73. The van der Waals surface area contributed by atoms with Gasteiger partial charge in [-0.25, -0.2) is 14.8 Å². The van der Waals surface area contributed by atoms with Gasteiger partial charge in [-0.05, 0) is 6.07 Å². The second-order valence-electron chi connectivity index (χ2n) is 5.18. The van der Waals surface area contributed by atoms with Gasteiger partial charge in [-0.1, -0.05) is 0 Å². The Bertz CT molecular complexity index is 729. The molecule has 0 spiro atoms. The summed E-state index contributed by atoms with van der Waals surface area (Å²) in [6.45, 7) is 2.09. The Hall–Kier alpha value is -2.77. The number of hydrogen-bond donors (Lipinski definition) is 1. The number of aromatic nitrogens is 2. The number of fused-ring (bicyclic) bond motifs is 1. The minimum absolute atomic E-state index is 0.452. The molecule has 1 aliphatic heterocycles. The van der Waals surface area contributed by atoms with Crippen LogP contribution >= 0.6 is 0 Å². The van der Waals surface area contributed by atoms with E-state index in [1.807, 2.05) is 12.1 Å². The lowest BCUT2D eigenvalue weighted by molar-refractivity contribution is 0.142. The van der Waals surface area contributed by atoms with E-state index in [2.05, 4.69) is 14.9 Å². The fraction of sp³-hybridized carbons (Fsp3) is 0.400. The van der Waals surface area contributed by atoms with Gasteiger partial charge in [0.05, 0.1) is 19.7 Å². The molecule has 122 valence electrons. The van der Waals surface area contributed by atoms with Crippen LogP contribution in [-0.2, 0) is 0 Å². The summed E-state index contributed by atoms with van der Waals surface area (Å²) in [6, 6.07) is 3.67. The number of carboxylic acid groups (broad SMARTS) is 1. The van der Waals surface area contributed by atoms with Gasteiger partial charge in [0.1, 0.15) is 12.1 Å². The molecule has 0 aliphatic carbocycles. The highest BCUT2D eigenvalue weighted by molar-refractivity contribution is 5.92. The zero-order chi connectivity index (χ0) is 16.4. The number of benzene rings is 1. The SMILES string of the molecule is COc1cc2ncnc(N3CCN(C(=O)O)CC3)c2cc1OC. The molecule has 0 atom stereocenters. The Labute approximate surface area is 133 Å². The highest BCUT2D eigenvalue weighted by atomic mass is 16.5. The molecule has 0 bridgehead atoms. The lowest BCUT2D eigenvalue weighted by atomic mass is 10.2. The van der Waals surface area contributed by atoms with Crippen molar-refractivity contribution in [3.8, 4) is 11.5 Å². The van der Waals surface area contributed by atoms with Crippen LogP contribution in [0.2, 0.25) is 0 Å². The molecule has 1 aromatic heterocycles. The maximum atomic E-state index is 11.0. The number of rotatable bonds is 3. The standard InChI is InChI=1S/C15H18N4O4/c1-22-12-7-10-11(8-13(12)23-2)16-9-17-14(10)18-3-5-19(6-4-18)15(20)21/h7-9H,3-6H2,1-2H3,(H,20,21). The maximum Gasteiger partial charge on any atom is 0.407 e. The molecular formula is C15H18N4O4. The summed E-state index contributed by atoms with van der Waals surface area (Å²) in [7, 11) is 3.16. The third kappa shape index (κ3) is 2.79. The second-order valence-corrected chi connectivity index (χ2v) is 5.18. The third-order valence-electron chi connectivity index (χ3n) is 3.97. The average Bonchev–Trinajstić information content (AvgIpc) is 2.60. The van der Waals surface area contributed by atoms with Gasteiger partial charge in [0.15, 0.2) is 11.5 Å². The van der Waals surface area contributed by atoms with Crippen LogP contribution in [0.5, 0.6) is 11.5 Å². The fourth-order valence-corrected chi connectivity index (χ4v) is 2.73. The van der Waals surface area contributed by atoms with Crippen molar-refractivity contribution in [2.75, 3.05) is 45.3 Å². The van der Waals surface area contributed by atoms with Crippen molar-refractivity contribution in [1.29, 1.82) is 0 Å². The van der Waals surface area contributed by atoms with Gasteiger partial charge in [-0.2, -0.15) is 0 Å². The molecule has 1 aromatic carbocycles. The van der Waals surface area contributed by atoms with Crippen LogP contribution in [0.25, 0.3) is 10.9 Å². The molecular weight excluding hydrogens is 300 g/mol. The Morgan fingerprint density at radius 3 is 2.35 bits per heavy atom. The van der Waals surface area contributed by atoms with Crippen LogP contribution in [-0.4, -0.2) is 66.5 Å². The quantitative estimate of drug-likeness (QED) is 0.916. The van der Waals surface area contributed by atoms with E-state index in [-0.39, 0.29) is 0 Å². The Morgan fingerprint density at radius 1 is 1.09 bits per heavy atom. The first-order chi connectivity index (χ1) is 11.1. The average molecular weight is 318 g/mol. The molecule has 2 aromatic rings. The predicted octanol–water partition coefficient (Wildman–Crippen LogP) is 1.45. The van der Waals surface area contributed by atoms with Gasteiger partial charge >= 0.3 is 6.09 Å². The zero-order valence-electron chi connectivity index (χ0n) is 13.0. The number of piperazine rings is 1. The van der Waals surface area contributed by atoms with Crippen molar-refractivity contribution in [2.24, 2.45) is 0 Å². The first-order valence-corrected chi connectivity index (χ1v) is 7.23. The summed E-state index contributed by atoms with van der Waals surface area (Å²) < 4.78 is 10.6. The number of ether oxygens (including phenoxy) is 2. The van der Waals surface area contributed by atoms with E-state index in [0.717, 1.165) is 16.7 Å². The van der Waals surface area contributed by atoms with Crippen molar-refractivity contribution in [3.05, 3.63) is 18.5 Å². The number of hydrogen-bond acceptors (Lipinski definition) is 6. The van der Waals surface area contributed by atoms with Crippen LogP contribution in [0.3, 0.4) is 0 Å². The van der Waals surface area contributed by atoms with Gasteiger partial charge < -0.3 is 24.4 Å². The van der Waals surface area contributed by atoms with E-state index in [1.54, 1.807) is 14.2 Å². The van der Waals surface area contributed by atoms with Crippen LogP contribution in [0.15, 0.2) is 18.5 Å². The number of methoxy groups -OCH3 is 2. The smallest absolute Gasteiger partial charge is 0.407 e. The van der Waals surface area contributed by atoms with Crippen molar-refractivity contribution < 1.29 is 19.4 Å². The van der Waals surface area contributed by atoms with Crippen LogP contribution in [0.4, 0.5) is 10.6 Å². The molecule has 1 saturated heterocycles. The number of carbonyl (C=O) groups is 1. The predicted molar refractivity (Wildman–Crippen MR) is 84.5 cm³/mol. The van der Waals surface area contributed by atoms with E-state index in [0.29, 0.717) is 37.7 Å². The Morgan fingerprint density at radius 2 is 1.74 bits per heavy atom. The van der Waals surface area contributed by atoms with Gasteiger partial charge in [-0.3, -0.25) is 0 Å². The minimum atomic E-state index is -0.886. The van der Waals surface area contributed by atoms with E-state index in [9.17, 15) is 4.79 Å². The summed E-state index contributed by atoms with van der Waals surface area (Å²) in [5.41, 5.74) is 0.758. The largest absolute Gasteiger partial charge is 0.493 e. The lowest BCUT2D eigenvalue weighted by Crippen LogP contribution is -2.48. The summed E-state index contributed by atoms with van der Waals surface area (Å²) in [5.74, 6) is 2.00. The molecule has 0 unspecified atom stereocenters. The molecule has 2 heterocycles. The Balaban J connectivity index is 1.97. The topological polar surface area (TPSA) is 88.0 Å². The summed E-state index contributed by atoms with van der Waals surface area (Å²) >= 11 is 0. The molecule has 3 rings (SSSR count). The van der Waals surface area contributed by atoms with Crippen LogP contribution in [0, 0.1) is 0 Å². The molecule has 1 aliphatic rings. The molecule has 8 heteroatoms. The molecule has 1 fully saturated rings. The number of nitrogens with zero attached hydrogens (tertiary/aromatic N) is 4. The van der Waals surface area contributed by atoms with E-state index < -0.39 is 6.09 Å². The van der Waals surface area contributed by atoms with Gasteiger partial charge in [0, 0.05) is 37.6 Å². The molecule has 0 radical (unpaired) electrons. The van der Waals surface area contributed by atoms with E-state index in [4.69, 9.17) is 14.6 Å². The van der Waals surface area contributed by atoms with Crippen molar-refractivity contribution in [1.82, 2.24) is 14.9 Å². The number of amides is 1. The highest BCUT2D eigenvalue weighted by Gasteiger charge is 2.23. The zero-order valence-corrected chi connectivity index (χ0v) is 13.0. The first-order valence-electron chi connectivity index (χ1n) is 7.23. The summed E-state index contributed by atoms with van der Waals surface area (Å²) in [4.78, 5) is 23.2. The molecule has 8 nitrogen and oxygen atoms in total. The molecule has 0 saturated carbocycles. The normalized spacial score (nSPS) is 14.9. The summed E-state index contributed by atoms with van der Waals surface area (Å²) in [6.07, 6.45) is 0.622. The Kier molecular flexibility index (Phi) is 4.05. The van der Waals surface area contributed by atoms with Crippen molar-refractivity contribution in [3.63, 3.8) is 0 Å². The monoisotopic (exact) mass is 318 g/mol. The van der Waals surface area contributed by atoms with Gasteiger partial charge in [0.2, 0.25) is 0 Å². The van der Waals surface area contributed by atoms with Crippen molar-refractivity contribution in [2.45, 2.75) is 0 Å². The molecule has 23 heavy (non-hydrogen) atoms. The third-order valence-corrected chi connectivity index (χ3v) is 3.97. The van der Waals surface area contributed by atoms with E-state index in [1.165, 1.54) is 11.2 Å². The maximum absolute atomic E-state index is 11.0. The molecule has 1 N–H and O–H groups in total. The second kappa shape index (κ2) is 6.15. The number of anilines is 1. The van der Waals surface area contributed by atoms with Gasteiger partial charge in [-0.15, -0.1) is 0 Å². The molecule has 1 amide bonds. The lowest BCUT2D eigenvalue weighted by Gasteiger charge is -2.34. The van der Waals surface area contributed by atoms with Crippen LogP contribution in [0.1, 0.15) is 0 Å². The van der Waals surface area contributed by atoms with Crippen molar-refractivity contribution >= 4 is 22.8 Å². The first kappa shape index (κ1) is 15.1. The van der Waals surface area contributed by atoms with Gasteiger partial charge in [0.25, 0.3) is 0 Å². The summed E-state index contributed by atoms with van der Waals surface area (Å²) in [5, 5.41) is 9.90. The minimum Gasteiger partial charge on any atom is -0.493 e. The highest BCUT2D eigenvalue weighted by Crippen LogP contribution is 2.34. The van der Waals surface area contributed by atoms with Crippen LogP contribution < -0.4 is 14.4 Å². The van der Waals surface area contributed by atoms with E-state index >= 15 is 0 Å².